The van der Waals surface area contributed by atoms with E-state index in [1.54, 1.807) is 0 Å². The van der Waals surface area contributed by atoms with Gasteiger partial charge in [0.05, 0.1) is 25.2 Å². The highest BCUT2D eigenvalue weighted by Gasteiger charge is 2.24. The molecule has 3 atom stereocenters. The summed E-state index contributed by atoms with van der Waals surface area (Å²) in [6, 6.07) is -0.709. The lowest BCUT2D eigenvalue weighted by atomic mass is 10.0. The minimum Gasteiger partial charge on any atom is -0.462 e. The highest BCUT2D eigenvalue weighted by Crippen LogP contribution is 2.18. The molecule has 1 amide bonds. The van der Waals surface area contributed by atoms with Gasteiger partial charge >= 0.3 is 5.97 Å². The van der Waals surface area contributed by atoms with Crippen LogP contribution in [0.3, 0.4) is 0 Å². The third-order valence-electron chi connectivity index (χ3n) is 12.1. The van der Waals surface area contributed by atoms with Crippen molar-refractivity contribution in [2.75, 3.05) is 6.61 Å². The van der Waals surface area contributed by atoms with Crippen LogP contribution in [-0.2, 0) is 14.3 Å². The Morgan fingerprint density at radius 1 is 0.484 bits per heavy atom. The fraction of sp³-hybridized carbons (Fsp3) is 0.821. The molecule has 0 aliphatic heterocycles. The van der Waals surface area contributed by atoms with Crippen LogP contribution < -0.4 is 5.32 Å². The molecule has 0 radical (unpaired) electrons. The molecule has 0 saturated carbocycles. The average Bonchev–Trinajstić information content (AvgIpc) is 3.26. The first-order valence-corrected chi connectivity index (χ1v) is 26.9. The van der Waals surface area contributed by atoms with E-state index in [9.17, 15) is 19.8 Å². The Bertz CT molecular complexity index is 1070. The molecule has 0 saturated heterocycles. The fourth-order valence-electron chi connectivity index (χ4n) is 8.09. The summed E-state index contributed by atoms with van der Waals surface area (Å²) in [5.41, 5.74) is 0. The third-order valence-corrected chi connectivity index (χ3v) is 12.1. The number of carbonyl (C=O) groups is 2. The lowest BCUT2D eigenvalue weighted by Crippen LogP contribution is -2.46. The van der Waals surface area contributed by atoms with Crippen LogP contribution in [0.5, 0.6) is 0 Å². The monoisotopic (exact) mass is 870 g/mol. The predicted molar refractivity (Wildman–Crippen MR) is 269 cm³/mol. The summed E-state index contributed by atoms with van der Waals surface area (Å²) in [5.74, 6) is -0.494. The van der Waals surface area contributed by atoms with Crippen LogP contribution in [0, 0.1) is 0 Å². The Morgan fingerprint density at radius 2 is 0.871 bits per heavy atom. The van der Waals surface area contributed by atoms with E-state index < -0.39 is 18.2 Å². The van der Waals surface area contributed by atoms with E-state index in [0.717, 1.165) is 89.9 Å². The summed E-state index contributed by atoms with van der Waals surface area (Å²) in [7, 11) is 0. The van der Waals surface area contributed by atoms with Gasteiger partial charge in [-0.05, 0) is 83.5 Å². The maximum Gasteiger partial charge on any atom is 0.306 e. The molecule has 0 bridgehead atoms. The molecule has 362 valence electrons. The van der Waals surface area contributed by atoms with Gasteiger partial charge in [-0.15, -0.1) is 0 Å². The van der Waals surface area contributed by atoms with Crippen molar-refractivity contribution in [1.82, 2.24) is 5.32 Å². The van der Waals surface area contributed by atoms with Gasteiger partial charge < -0.3 is 20.3 Å². The second-order valence-electron chi connectivity index (χ2n) is 18.2. The van der Waals surface area contributed by atoms with Crippen LogP contribution in [0.25, 0.3) is 0 Å². The Hall–Kier alpha value is -2.18. The largest absolute Gasteiger partial charge is 0.462 e. The topological polar surface area (TPSA) is 95.9 Å². The molecule has 0 fully saturated rings. The molecule has 6 nitrogen and oxygen atoms in total. The number of aliphatic hydroxyl groups is 2. The fourth-order valence-corrected chi connectivity index (χ4v) is 8.09. The minimum absolute atomic E-state index is 0.0618. The van der Waals surface area contributed by atoms with Gasteiger partial charge in [-0.25, -0.2) is 0 Å². The van der Waals surface area contributed by atoms with E-state index in [4.69, 9.17) is 4.74 Å². The van der Waals surface area contributed by atoms with Crippen molar-refractivity contribution in [3.05, 3.63) is 48.6 Å². The molecule has 0 rings (SSSR count). The first kappa shape index (κ1) is 59.8. The zero-order valence-electron chi connectivity index (χ0n) is 41.3. The van der Waals surface area contributed by atoms with Crippen molar-refractivity contribution >= 4 is 11.9 Å². The number of allylic oxidation sites excluding steroid dienone is 8. The number of hydrogen-bond acceptors (Lipinski definition) is 5. The molecule has 0 heterocycles. The molecule has 6 heteroatoms. The van der Waals surface area contributed by atoms with Crippen LogP contribution in [0.15, 0.2) is 48.6 Å². The molecule has 62 heavy (non-hydrogen) atoms. The van der Waals surface area contributed by atoms with Crippen molar-refractivity contribution in [2.24, 2.45) is 0 Å². The summed E-state index contributed by atoms with van der Waals surface area (Å²) < 4.78 is 5.93. The van der Waals surface area contributed by atoms with Crippen LogP contribution in [0.1, 0.15) is 271 Å². The zero-order chi connectivity index (χ0) is 45.2. The SMILES string of the molecule is CC/C=C/C/C=C/C/C=C/CCCCCCC(CC(=O)NC(CO)C(O)CCCCCCCCCCCCCC)OC(=O)CCCCCCCCC/C=C/CCCCCCCC. The summed E-state index contributed by atoms with van der Waals surface area (Å²) in [5, 5.41) is 23.8. The van der Waals surface area contributed by atoms with Gasteiger partial charge in [0.15, 0.2) is 0 Å². The van der Waals surface area contributed by atoms with E-state index in [2.05, 4.69) is 74.7 Å². The van der Waals surface area contributed by atoms with E-state index in [-0.39, 0.29) is 24.9 Å². The quantitative estimate of drug-likeness (QED) is 0.0322. The van der Waals surface area contributed by atoms with Crippen LogP contribution in [-0.4, -0.2) is 46.9 Å². The van der Waals surface area contributed by atoms with Gasteiger partial charge in [0.1, 0.15) is 6.10 Å². The van der Waals surface area contributed by atoms with E-state index in [1.807, 2.05) is 0 Å². The van der Waals surface area contributed by atoms with Crippen LogP contribution >= 0.6 is 0 Å². The molecule has 0 spiro atoms. The van der Waals surface area contributed by atoms with Crippen molar-refractivity contribution < 1.29 is 24.5 Å². The van der Waals surface area contributed by atoms with Crippen molar-refractivity contribution in [3.8, 4) is 0 Å². The Labute approximate surface area is 385 Å². The molecular formula is C56H103NO5. The average molecular weight is 870 g/mol. The summed E-state index contributed by atoms with van der Waals surface area (Å²) in [6.45, 7) is 6.37. The normalized spacial score (nSPS) is 13.6. The van der Waals surface area contributed by atoms with E-state index in [0.29, 0.717) is 19.3 Å². The van der Waals surface area contributed by atoms with Gasteiger partial charge in [-0.2, -0.15) is 0 Å². The van der Waals surface area contributed by atoms with Gasteiger partial charge in [-0.3, -0.25) is 9.59 Å². The summed E-state index contributed by atoms with van der Waals surface area (Å²) in [4.78, 5) is 26.2. The van der Waals surface area contributed by atoms with E-state index in [1.165, 1.54) is 135 Å². The second-order valence-corrected chi connectivity index (χ2v) is 18.2. The Balaban J connectivity index is 4.59. The first-order chi connectivity index (χ1) is 30.5. The number of hydrogen-bond donors (Lipinski definition) is 3. The first-order valence-electron chi connectivity index (χ1n) is 26.9. The lowest BCUT2D eigenvalue weighted by molar-refractivity contribution is -0.151. The number of unbranched alkanes of at least 4 members (excludes halogenated alkanes) is 28. The molecule has 0 aliphatic carbocycles. The number of rotatable bonds is 48. The Kier molecular flexibility index (Phi) is 48.1. The molecule has 3 N–H and O–H groups in total. The predicted octanol–water partition coefficient (Wildman–Crippen LogP) is 16.2. The number of ether oxygens (including phenoxy) is 1. The smallest absolute Gasteiger partial charge is 0.306 e. The number of nitrogens with one attached hydrogen (secondary N) is 1. The molecule has 3 unspecified atom stereocenters. The maximum absolute atomic E-state index is 13.2. The lowest BCUT2D eigenvalue weighted by Gasteiger charge is -2.24. The van der Waals surface area contributed by atoms with Gasteiger partial charge in [0, 0.05) is 6.42 Å². The Morgan fingerprint density at radius 3 is 1.34 bits per heavy atom. The molecule has 0 aliphatic rings. The standard InChI is InChI=1S/C56H103NO5/c1-4-7-10-13-16-19-22-25-27-28-29-31-34-37-40-43-46-49-56(61)62-52(47-44-41-38-35-32-30-26-23-20-17-14-11-8-5-2)50-55(60)57-53(51-58)54(59)48-45-42-39-36-33-24-21-18-15-12-9-6-3/h8,11,17,20,25-27,30,52-54,58-59H,4-7,9-10,12-16,18-19,21-24,28-29,31-51H2,1-3H3,(H,57,60)/b11-8+,20-17+,27-25+,30-26+. The highest BCUT2D eigenvalue weighted by molar-refractivity contribution is 5.77. The van der Waals surface area contributed by atoms with Crippen molar-refractivity contribution in [3.63, 3.8) is 0 Å². The number of aliphatic hydroxyl groups excluding tert-OH is 2. The second kappa shape index (κ2) is 49.8. The van der Waals surface area contributed by atoms with Crippen molar-refractivity contribution in [1.29, 1.82) is 0 Å². The van der Waals surface area contributed by atoms with Gasteiger partial charge in [0.2, 0.25) is 5.91 Å². The van der Waals surface area contributed by atoms with Gasteiger partial charge in [-0.1, -0.05) is 223 Å². The maximum atomic E-state index is 13.2. The molecule has 0 aromatic heterocycles. The number of carbonyl (C=O) groups excluding carboxylic acids is 2. The number of esters is 1. The number of amides is 1. The van der Waals surface area contributed by atoms with E-state index >= 15 is 0 Å². The van der Waals surface area contributed by atoms with Crippen LogP contribution in [0.2, 0.25) is 0 Å². The van der Waals surface area contributed by atoms with Crippen molar-refractivity contribution in [2.45, 2.75) is 289 Å². The molecule has 0 aromatic rings. The van der Waals surface area contributed by atoms with Gasteiger partial charge in [0.25, 0.3) is 0 Å². The minimum atomic E-state index is -0.794. The summed E-state index contributed by atoms with van der Waals surface area (Å²) >= 11 is 0. The van der Waals surface area contributed by atoms with Crippen LogP contribution in [0.4, 0.5) is 0 Å². The zero-order valence-corrected chi connectivity index (χ0v) is 41.3. The highest BCUT2D eigenvalue weighted by atomic mass is 16.5. The third kappa shape index (κ3) is 44.4. The summed E-state index contributed by atoms with van der Waals surface area (Å²) in [6.07, 6.45) is 60.3. The molecule has 0 aromatic carbocycles. The molecular weight excluding hydrogens is 767 g/mol.